The summed E-state index contributed by atoms with van der Waals surface area (Å²) in [6.07, 6.45) is 0.706. The molecule has 0 heterocycles. The Labute approximate surface area is 137 Å². The molecule has 23 heavy (non-hydrogen) atoms. The lowest BCUT2D eigenvalue weighted by Gasteiger charge is -2.27. The van der Waals surface area contributed by atoms with Gasteiger partial charge < -0.3 is 14.2 Å². The number of rotatable bonds is 7. The third kappa shape index (κ3) is 6.02. The van der Waals surface area contributed by atoms with Gasteiger partial charge in [-0.1, -0.05) is 30.3 Å². The van der Waals surface area contributed by atoms with Crippen molar-refractivity contribution in [2.24, 2.45) is 0 Å². The molecular formula is C18H26O5. The van der Waals surface area contributed by atoms with Crippen molar-refractivity contribution in [3.63, 3.8) is 0 Å². The Morgan fingerprint density at radius 2 is 1.65 bits per heavy atom. The first-order valence-electron chi connectivity index (χ1n) is 7.69. The van der Waals surface area contributed by atoms with Crippen molar-refractivity contribution in [2.45, 2.75) is 51.7 Å². The summed E-state index contributed by atoms with van der Waals surface area (Å²) in [7, 11) is 1.33. The summed E-state index contributed by atoms with van der Waals surface area (Å²) >= 11 is 0. The molecule has 0 aliphatic rings. The second-order valence-corrected chi connectivity index (χ2v) is 6.43. The van der Waals surface area contributed by atoms with Crippen LogP contribution in [0.4, 0.5) is 0 Å². The summed E-state index contributed by atoms with van der Waals surface area (Å²) in [5.74, 6) is -0.749. The standard InChI is InChI=1S/C18H26O5/c1-17(2,3)23-15(19)12-9-13-22-18(4,16(20)21-5)14-10-7-6-8-11-14/h6-8,10-11H,9,12-13H2,1-5H3. The number of hydrogen-bond acceptors (Lipinski definition) is 5. The first-order chi connectivity index (χ1) is 10.7. The summed E-state index contributed by atoms with van der Waals surface area (Å²) in [5.41, 5.74) is -0.976. The molecule has 0 spiro atoms. The number of esters is 2. The van der Waals surface area contributed by atoms with Crippen LogP contribution in [0.5, 0.6) is 0 Å². The molecule has 0 saturated carbocycles. The summed E-state index contributed by atoms with van der Waals surface area (Å²) in [6.45, 7) is 7.39. The Kier molecular flexibility index (Phi) is 6.76. The second-order valence-electron chi connectivity index (χ2n) is 6.43. The van der Waals surface area contributed by atoms with Gasteiger partial charge in [-0.05, 0) is 39.7 Å². The van der Waals surface area contributed by atoms with E-state index in [0.717, 1.165) is 0 Å². The quantitative estimate of drug-likeness (QED) is 0.570. The van der Waals surface area contributed by atoms with E-state index in [0.29, 0.717) is 12.0 Å². The highest BCUT2D eigenvalue weighted by atomic mass is 16.6. The summed E-state index contributed by atoms with van der Waals surface area (Å²) in [5, 5.41) is 0. The highest BCUT2D eigenvalue weighted by Gasteiger charge is 2.37. The summed E-state index contributed by atoms with van der Waals surface area (Å²) in [4.78, 5) is 23.8. The topological polar surface area (TPSA) is 61.8 Å². The van der Waals surface area contributed by atoms with Gasteiger partial charge in [0.25, 0.3) is 0 Å². The maximum Gasteiger partial charge on any atom is 0.342 e. The van der Waals surface area contributed by atoms with E-state index < -0.39 is 17.2 Å². The molecule has 0 aliphatic heterocycles. The number of ether oxygens (including phenoxy) is 3. The van der Waals surface area contributed by atoms with Crippen molar-refractivity contribution in [1.29, 1.82) is 0 Å². The maximum absolute atomic E-state index is 12.1. The van der Waals surface area contributed by atoms with E-state index in [9.17, 15) is 9.59 Å². The van der Waals surface area contributed by atoms with E-state index in [-0.39, 0.29) is 19.0 Å². The molecule has 0 fully saturated rings. The lowest BCUT2D eigenvalue weighted by Crippen LogP contribution is -2.37. The Morgan fingerprint density at radius 3 is 2.17 bits per heavy atom. The zero-order valence-electron chi connectivity index (χ0n) is 14.5. The summed E-state index contributed by atoms with van der Waals surface area (Å²) in [6, 6.07) is 9.15. The van der Waals surface area contributed by atoms with Crippen molar-refractivity contribution >= 4 is 11.9 Å². The van der Waals surface area contributed by atoms with Gasteiger partial charge in [-0.25, -0.2) is 4.79 Å². The largest absolute Gasteiger partial charge is 0.467 e. The van der Waals surface area contributed by atoms with Gasteiger partial charge in [0, 0.05) is 13.0 Å². The van der Waals surface area contributed by atoms with Gasteiger partial charge in [-0.2, -0.15) is 0 Å². The fourth-order valence-corrected chi connectivity index (χ4v) is 2.10. The molecule has 5 heteroatoms. The van der Waals surface area contributed by atoms with Crippen LogP contribution in [-0.2, 0) is 29.4 Å². The number of carbonyl (C=O) groups excluding carboxylic acids is 2. The van der Waals surface area contributed by atoms with Crippen molar-refractivity contribution < 1.29 is 23.8 Å². The molecule has 0 amide bonds. The van der Waals surface area contributed by atoms with Crippen molar-refractivity contribution in [3.05, 3.63) is 35.9 Å². The third-order valence-electron chi connectivity index (χ3n) is 3.24. The van der Waals surface area contributed by atoms with E-state index in [4.69, 9.17) is 14.2 Å². The van der Waals surface area contributed by atoms with Gasteiger partial charge >= 0.3 is 11.9 Å². The summed E-state index contributed by atoms with van der Waals surface area (Å²) < 4.78 is 15.9. The molecule has 0 radical (unpaired) electrons. The van der Waals surface area contributed by atoms with Gasteiger partial charge in [-0.15, -0.1) is 0 Å². The predicted octanol–water partition coefficient (Wildman–Crippen LogP) is 3.21. The Morgan fingerprint density at radius 1 is 1.04 bits per heavy atom. The van der Waals surface area contributed by atoms with Crippen LogP contribution in [0, 0.1) is 0 Å². The van der Waals surface area contributed by atoms with Crippen LogP contribution < -0.4 is 0 Å². The van der Waals surface area contributed by atoms with Crippen LogP contribution in [0.2, 0.25) is 0 Å². The van der Waals surface area contributed by atoms with Crippen molar-refractivity contribution in [1.82, 2.24) is 0 Å². The minimum Gasteiger partial charge on any atom is -0.467 e. The molecular weight excluding hydrogens is 296 g/mol. The first kappa shape index (κ1) is 19.2. The third-order valence-corrected chi connectivity index (χ3v) is 3.24. The molecule has 0 aliphatic carbocycles. The van der Waals surface area contributed by atoms with E-state index >= 15 is 0 Å². The second kappa shape index (κ2) is 8.11. The molecule has 0 bridgehead atoms. The Bertz CT molecular complexity index is 518. The van der Waals surface area contributed by atoms with Crippen LogP contribution >= 0.6 is 0 Å². The maximum atomic E-state index is 12.1. The average Bonchev–Trinajstić information content (AvgIpc) is 2.49. The van der Waals surface area contributed by atoms with E-state index in [2.05, 4.69) is 0 Å². The molecule has 128 valence electrons. The lowest BCUT2D eigenvalue weighted by molar-refractivity contribution is -0.169. The zero-order valence-corrected chi connectivity index (χ0v) is 14.5. The first-order valence-corrected chi connectivity index (χ1v) is 7.69. The van der Waals surface area contributed by atoms with Gasteiger partial charge in [0.2, 0.25) is 0 Å². The molecule has 0 saturated heterocycles. The molecule has 1 unspecified atom stereocenters. The van der Waals surface area contributed by atoms with Crippen LogP contribution in [0.25, 0.3) is 0 Å². The lowest BCUT2D eigenvalue weighted by atomic mass is 9.96. The SMILES string of the molecule is COC(=O)C(C)(OCCCC(=O)OC(C)(C)C)c1ccccc1. The van der Waals surface area contributed by atoms with E-state index in [1.165, 1.54) is 7.11 Å². The van der Waals surface area contributed by atoms with Crippen LogP contribution in [0.3, 0.4) is 0 Å². The Hall–Kier alpha value is -1.88. The molecule has 1 aromatic rings. The van der Waals surface area contributed by atoms with E-state index in [1.54, 1.807) is 6.92 Å². The number of methoxy groups -OCH3 is 1. The predicted molar refractivity (Wildman–Crippen MR) is 86.8 cm³/mol. The fraction of sp³-hybridized carbons (Fsp3) is 0.556. The van der Waals surface area contributed by atoms with E-state index in [1.807, 2.05) is 51.1 Å². The fourth-order valence-electron chi connectivity index (χ4n) is 2.10. The minimum atomic E-state index is -1.19. The van der Waals surface area contributed by atoms with Crippen molar-refractivity contribution in [2.75, 3.05) is 13.7 Å². The number of hydrogen-bond donors (Lipinski definition) is 0. The highest BCUT2D eigenvalue weighted by molar-refractivity contribution is 5.80. The number of benzene rings is 1. The molecule has 1 rings (SSSR count). The van der Waals surface area contributed by atoms with Crippen LogP contribution in [-0.4, -0.2) is 31.3 Å². The van der Waals surface area contributed by atoms with Gasteiger partial charge in [0.1, 0.15) is 5.60 Å². The van der Waals surface area contributed by atoms with Gasteiger partial charge in [0.05, 0.1) is 7.11 Å². The molecule has 0 aromatic heterocycles. The van der Waals surface area contributed by atoms with Gasteiger partial charge in [-0.3, -0.25) is 4.79 Å². The zero-order chi connectivity index (χ0) is 17.5. The van der Waals surface area contributed by atoms with Crippen LogP contribution in [0.15, 0.2) is 30.3 Å². The molecule has 5 nitrogen and oxygen atoms in total. The van der Waals surface area contributed by atoms with Crippen molar-refractivity contribution in [3.8, 4) is 0 Å². The Balaban J connectivity index is 2.60. The normalized spacial score (nSPS) is 14.0. The monoisotopic (exact) mass is 322 g/mol. The van der Waals surface area contributed by atoms with Gasteiger partial charge in [0.15, 0.2) is 5.60 Å². The van der Waals surface area contributed by atoms with Crippen LogP contribution in [0.1, 0.15) is 46.1 Å². The average molecular weight is 322 g/mol. The number of carbonyl (C=O) groups is 2. The molecule has 1 aromatic carbocycles. The molecule has 0 N–H and O–H groups in total. The minimum absolute atomic E-state index is 0.239. The highest BCUT2D eigenvalue weighted by Crippen LogP contribution is 2.27. The molecule has 1 atom stereocenters. The smallest absolute Gasteiger partial charge is 0.342 e.